The van der Waals surface area contributed by atoms with Gasteiger partial charge in [0.15, 0.2) is 0 Å². The molecule has 0 radical (unpaired) electrons. The Kier molecular flexibility index (Phi) is 1.86. The SMILES string of the molecule is NSC1CN(C2COC2)C1. The number of likely N-dealkylation sites (tertiary alicyclic amines) is 1. The fourth-order valence-electron chi connectivity index (χ4n) is 1.29. The summed E-state index contributed by atoms with van der Waals surface area (Å²) in [7, 11) is 0. The van der Waals surface area contributed by atoms with Crippen LogP contribution in [-0.2, 0) is 4.74 Å². The molecule has 4 heteroatoms. The van der Waals surface area contributed by atoms with Crippen LogP contribution in [0.15, 0.2) is 0 Å². The highest BCUT2D eigenvalue weighted by atomic mass is 32.2. The first-order valence-electron chi connectivity index (χ1n) is 3.57. The predicted molar refractivity (Wildman–Crippen MR) is 41.7 cm³/mol. The molecular formula is C6H12N2OS. The molecule has 0 saturated carbocycles. The fraction of sp³-hybridized carbons (Fsp3) is 1.00. The van der Waals surface area contributed by atoms with E-state index in [0.29, 0.717) is 11.3 Å². The Balaban J connectivity index is 1.69. The highest BCUT2D eigenvalue weighted by molar-refractivity contribution is 7.97. The molecule has 2 rings (SSSR count). The Labute approximate surface area is 65.0 Å². The van der Waals surface area contributed by atoms with Gasteiger partial charge in [0.25, 0.3) is 0 Å². The minimum Gasteiger partial charge on any atom is -0.378 e. The van der Waals surface area contributed by atoms with Crippen LogP contribution < -0.4 is 5.14 Å². The van der Waals surface area contributed by atoms with Crippen LogP contribution in [0.5, 0.6) is 0 Å². The van der Waals surface area contributed by atoms with Gasteiger partial charge in [-0.3, -0.25) is 10.0 Å². The Bertz CT molecular complexity index is 123. The van der Waals surface area contributed by atoms with Crippen molar-refractivity contribution in [3.05, 3.63) is 0 Å². The molecule has 0 amide bonds. The lowest BCUT2D eigenvalue weighted by molar-refractivity contribution is -0.0823. The molecule has 0 atom stereocenters. The molecule has 0 unspecified atom stereocenters. The van der Waals surface area contributed by atoms with Crippen molar-refractivity contribution in [1.29, 1.82) is 0 Å². The molecule has 0 bridgehead atoms. The number of nitrogens with two attached hydrogens (primary N) is 1. The minimum absolute atomic E-state index is 0.681. The van der Waals surface area contributed by atoms with E-state index in [1.54, 1.807) is 0 Å². The molecule has 0 aliphatic carbocycles. The van der Waals surface area contributed by atoms with Crippen LogP contribution in [0.2, 0.25) is 0 Å². The van der Waals surface area contributed by atoms with Crippen molar-refractivity contribution in [2.75, 3.05) is 26.3 Å². The summed E-state index contributed by atoms with van der Waals surface area (Å²) >= 11 is 1.48. The van der Waals surface area contributed by atoms with Gasteiger partial charge in [-0.1, -0.05) is 11.9 Å². The lowest BCUT2D eigenvalue weighted by Gasteiger charge is -2.46. The second kappa shape index (κ2) is 2.70. The molecule has 0 spiro atoms. The normalized spacial score (nSPS) is 29.7. The van der Waals surface area contributed by atoms with Crippen LogP contribution >= 0.6 is 11.9 Å². The maximum absolute atomic E-state index is 5.41. The molecule has 2 N–H and O–H groups in total. The predicted octanol–water partition coefficient (Wildman–Crippen LogP) is -0.324. The van der Waals surface area contributed by atoms with Gasteiger partial charge >= 0.3 is 0 Å². The standard InChI is InChI=1S/C6H12N2OS/c7-10-6-1-8(2-6)5-3-9-4-5/h5-6H,1-4,7H2. The maximum atomic E-state index is 5.41. The highest BCUT2D eigenvalue weighted by Gasteiger charge is 2.35. The number of nitrogens with zero attached hydrogens (tertiary/aromatic N) is 1. The van der Waals surface area contributed by atoms with Crippen molar-refractivity contribution in [2.24, 2.45) is 5.14 Å². The first kappa shape index (κ1) is 6.91. The Morgan fingerprint density at radius 2 is 2.10 bits per heavy atom. The molecule has 2 aliphatic heterocycles. The summed E-state index contributed by atoms with van der Waals surface area (Å²) in [4.78, 5) is 2.44. The van der Waals surface area contributed by atoms with E-state index < -0.39 is 0 Å². The third-order valence-electron chi connectivity index (χ3n) is 2.21. The second-order valence-electron chi connectivity index (χ2n) is 2.90. The quantitative estimate of drug-likeness (QED) is 0.562. The smallest absolute Gasteiger partial charge is 0.0645 e. The lowest BCUT2D eigenvalue weighted by Crippen LogP contribution is -2.60. The van der Waals surface area contributed by atoms with E-state index >= 15 is 0 Å². The number of ether oxygens (including phenoxy) is 1. The van der Waals surface area contributed by atoms with Gasteiger partial charge in [0.05, 0.1) is 19.3 Å². The third-order valence-corrected chi connectivity index (χ3v) is 2.89. The summed E-state index contributed by atoms with van der Waals surface area (Å²) in [5, 5.41) is 6.10. The van der Waals surface area contributed by atoms with Crippen LogP contribution in [-0.4, -0.2) is 42.5 Å². The number of hydrogen-bond donors (Lipinski definition) is 1. The minimum atomic E-state index is 0.681. The van der Waals surface area contributed by atoms with Crippen molar-refractivity contribution in [1.82, 2.24) is 4.90 Å². The summed E-state index contributed by atoms with van der Waals surface area (Å²) in [6.45, 7) is 4.19. The van der Waals surface area contributed by atoms with E-state index in [4.69, 9.17) is 9.88 Å². The van der Waals surface area contributed by atoms with E-state index in [1.807, 2.05) is 0 Å². The summed E-state index contributed by atoms with van der Waals surface area (Å²) in [5.41, 5.74) is 0. The average Bonchev–Trinajstić information content (AvgIpc) is 1.72. The molecule has 2 saturated heterocycles. The van der Waals surface area contributed by atoms with Crippen molar-refractivity contribution in [2.45, 2.75) is 11.3 Å². The third kappa shape index (κ3) is 1.05. The summed E-state index contributed by atoms with van der Waals surface area (Å²) in [5.74, 6) is 0. The van der Waals surface area contributed by atoms with Gasteiger partial charge in [-0.15, -0.1) is 0 Å². The number of hydrogen-bond acceptors (Lipinski definition) is 4. The van der Waals surface area contributed by atoms with Crippen LogP contribution in [0.4, 0.5) is 0 Å². The number of rotatable bonds is 2. The van der Waals surface area contributed by atoms with Crippen molar-refractivity contribution >= 4 is 11.9 Å². The van der Waals surface area contributed by atoms with Crippen molar-refractivity contribution in [3.63, 3.8) is 0 Å². The van der Waals surface area contributed by atoms with E-state index in [1.165, 1.54) is 11.9 Å². The van der Waals surface area contributed by atoms with Gasteiger partial charge in [0.2, 0.25) is 0 Å². The molecule has 2 aliphatic rings. The summed E-state index contributed by atoms with van der Waals surface area (Å²) in [6, 6.07) is 0.711. The molecule has 2 heterocycles. The van der Waals surface area contributed by atoms with Gasteiger partial charge < -0.3 is 4.74 Å². The van der Waals surface area contributed by atoms with Gasteiger partial charge in [-0.05, 0) is 0 Å². The molecule has 0 aromatic carbocycles. The zero-order valence-electron chi connectivity index (χ0n) is 5.82. The maximum Gasteiger partial charge on any atom is 0.0645 e. The largest absolute Gasteiger partial charge is 0.378 e. The fourth-order valence-corrected chi connectivity index (χ4v) is 1.84. The molecule has 2 fully saturated rings. The van der Waals surface area contributed by atoms with Gasteiger partial charge in [-0.25, -0.2) is 0 Å². The summed E-state index contributed by atoms with van der Waals surface area (Å²) in [6.07, 6.45) is 0. The molecule has 3 nitrogen and oxygen atoms in total. The topological polar surface area (TPSA) is 38.5 Å². The average molecular weight is 160 g/mol. The zero-order valence-corrected chi connectivity index (χ0v) is 6.64. The monoisotopic (exact) mass is 160 g/mol. The van der Waals surface area contributed by atoms with Crippen LogP contribution in [0.25, 0.3) is 0 Å². The van der Waals surface area contributed by atoms with Gasteiger partial charge in [0.1, 0.15) is 0 Å². The molecule has 0 aromatic heterocycles. The van der Waals surface area contributed by atoms with Gasteiger partial charge in [-0.2, -0.15) is 0 Å². The van der Waals surface area contributed by atoms with Crippen LogP contribution in [0.1, 0.15) is 0 Å². The van der Waals surface area contributed by atoms with E-state index in [9.17, 15) is 0 Å². The zero-order chi connectivity index (χ0) is 6.97. The van der Waals surface area contributed by atoms with Crippen LogP contribution in [0, 0.1) is 0 Å². The Morgan fingerprint density at radius 3 is 2.50 bits per heavy atom. The molecule has 0 aromatic rings. The summed E-state index contributed by atoms with van der Waals surface area (Å²) < 4.78 is 5.08. The first-order valence-corrected chi connectivity index (χ1v) is 4.52. The van der Waals surface area contributed by atoms with Gasteiger partial charge in [0, 0.05) is 18.3 Å². The van der Waals surface area contributed by atoms with E-state index in [-0.39, 0.29) is 0 Å². The first-order chi connectivity index (χ1) is 4.90. The molecule has 58 valence electrons. The van der Waals surface area contributed by atoms with E-state index in [0.717, 1.165) is 26.3 Å². The van der Waals surface area contributed by atoms with Crippen LogP contribution in [0.3, 0.4) is 0 Å². The second-order valence-corrected chi connectivity index (χ2v) is 3.84. The van der Waals surface area contributed by atoms with E-state index in [2.05, 4.69) is 4.90 Å². The Morgan fingerprint density at radius 1 is 1.40 bits per heavy atom. The molecule has 10 heavy (non-hydrogen) atoms. The van der Waals surface area contributed by atoms with Crippen molar-refractivity contribution < 1.29 is 4.74 Å². The van der Waals surface area contributed by atoms with Crippen molar-refractivity contribution in [3.8, 4) is 0 Å². The Hall–Kier alpha value is 0.230. The molecular weight excluding hydrogens is 148 g/mol. The lowest BCUT2D eigenvalue weighted by atomic mass is 10.1. The highest BCUT2D eigenvalue weighted by Crippen LogP contribution is 2.23.